The lowest BCUT2D eigenvalue weighted by atomic mass is 10.2. The molecule has 4 N–H and O–H groups in total. The zero-order chi connectivity index (χ0) is 12.7. The van der Waals surface area contributed by atoms with Crippen LogP contribution in [0.25, 0.3) is 0 Å². The minimum Gasteiger partial charge on any atom is -0.399 e. The van der Waals surface area contributed by atoms with E-state index >= 15 is 0 Å². The molecule has 0 radical (unpaired) electrons. The number of hydrogen-bond acceptors (Lipinski definition) is 4. The Morgan fingerprint density at radius 1 is 1.47 bits per heavy atom. The van der Waals surface area contributed by atoms with Crippen LogP contribution in [-0.4, -0.2) is 32.7 Å². The summed E-state index contributed by atoms with van der Waals surface area (Å²) in [7, 11) is 1.60. The van der Waals surface area contributed by atoms with Crippen LogP contribution < -0.4 is 16.4 Å². The van der Waals surface area contributed by atoms with Crippen LogP contribution in [0, 0.1) is 6.92 Å². The quantitative estimate of drug-likeness (QED) is 0.504. The van der Waals surface area contributed by atoms with E-state index in [1.807, 2.05) is 25.1 Å². The summed E-state index contributed by atoms with van der Waals surface area (Å²) in [5.74, 6) is -0.0588. The molecule has 0 aliphatic carbocycles. The summed E-state index contributed by atoms with van der Waals surface area (Å²) in [6.45, 7) is 3.22. The lowest BCUT2D eigenvalue weighted by Gasteiger charge is -2.09. The number of anilines is 2. The first-order chi connectivity index (χ1) is 8.13. The number of nitrogens with two attached hydrogens (primary N) is 1. The van der Waals surface area contributed by atoms with Crippen molar-refractivity contribution in [2.45, 2.75) is 6.92 Å². The Balaban J connectivity index is 2.34. The molecule has 0 unspecified atom stereocenters. The topological polar surface area (TPSA) is 76.4 Å². The first-order valence-corrected chi connectivity index (χ1v) is 5.49. The van der Waals surface area contributed by atoms with Gasteiger partial charge in [-0.05, 0) is 30.7 Å². The molecule has 0 bridgehead atoms. The van der Waals surface area contributed by atoms with Gasteiger partial charge in [0.05, 0.1) is 13.2 Å². The molecule has 1 aromatic rings. The van der Waals surface area contributed by atoms with Gasteiger partial charge in [-0.2, -0.15) is 0 Å². The van der Waals surface area contributed by atoms with E-state index in [0.29, 0.717) is 13.2 Å². The summed E-state index contributed by atoms with van der Waals surface area (Å²) in [6, 6.07) is 5.59. The lowest BCUT2D eigenvalue weighted by Crippen LogP contribution is -2.32. The summed E-state index contributed by atoms with van der Waals surface area (Å²) < 4.78 is 4.83. The minimum atomic E-state index is -0.0588. The molecule has 0 atom stereocenters. The van der Waals surface area contributed by atoms with Crippen LogP contribution in [0.4, 0.5) is 11.4 Å². The van der Waals surface area contributed by atoms with E-state index < -0.39 is 0 Å². The Kier molecular flexibility index (Phi) is 5.29. The molecular weight excluding hydrogens is 218 g/mol. The van der Waals surface area contributed by atoms with Gasteiger partial charge in [0.15, 0.2) is 0 Å². The highest BCUT2D eigenvalue weighted by molar-refractivity contribution is 5.80. The minimum absolute atomic E-state index is 0.0588. The van der Waals surface area contributed by atoms with Crippen LogP contribution >= 0.6 is 0 Å². The normalized spacial score (nSPS) is 10.0. The standard InChI is InChI=1S/C12H19N3O2/c1-9-7-10(3-4-11(9)13)15-8-12(16)14-5-6-17-2/h3-4,7,15H,5-6,8,13H2,1-2H3,(H,14,16). The van der Waals surface area contributed by atoms with Crippen molar-refractivity contribution in [3.8, 4) is 0 Å². The van der Waals surface area contributed by atoms with Gasteiger partial charge < -0.3 is 21.1 Å². The Morgan fingerprint density at radius 3 is 2.88 bits per heavy atom. The van der Waals surface area contributed by atoms with Crippen molar-refractivity contribution in [3.05, 3.63) is 23.8 Å². The van der Waals surface area contributed by atoms with Crippen LogP contribution in [0.1, 0.15) is 5.56 Å². The molecule has 0 heterocycles. The molecule has 0 fully saturated rings. The van der Waals surface area contributed by atoms with E-state index in [0.717, 1.165) is 16.9 Å². The van der Waals surface area contributed by atoms with Gasteiger partial charge in [-0.3, -0.25) is 4.79 Å². The van der Waals surface area contributed by atoms with E-state index in [4.69, 9.17) is 10.5 Å². The Morgan fingerprint density at radius 2 is 2.24 bits per heavy atom. The van der Waals surface area contributed by atoms with Crippen molar-refractivity contribution < 1.29 is 9.53 Å². The number of nitrogen functional groups attached to an aromatic ring is 1. The molecular formula is C12H19N3O2. The molecule has 17 heavy (non-hydrogen) atoms. The lowest BCUT2D eigenvalue weighted by molar-refractivity contribution is -0.119. The van der Waals surface area contributed by atoms with Crippen molar-refractivity contribution in [1.82, 2.24) is 5.32 Å². The number of nitrogens with one attached hydrogen (secondary N) is 2. The summed E-state index contributed by atoms with van der Waals surface area (Å²) in [5.41, 5.74) is 8.34. The first-order valence-electron chi connectivity index (χ1n) is 5.49. The maximum Gasteiger partial charge on any atom is 0.239 e. The third-order valence-electron chi connectivity index (χ3n) is 2.35. The molecule has 0 saturated heterocycles. The molecule has 5 nitrogen and oxygen atoms in total. The SMILES string of the molecule is COCCNC(=O)CNc1ccc(N)c(C)c1. The number of hydrogen-bond donors (Lipinski definition) is 3. The van der Waals surface area contributed by atoms with Crippen LogP contribution in [0.2, 0.25) is 0 Å². The zero-order valence-electron chi connectivity index (χ0n) is 10.2. The predicted octanol–water partition coefficient (Wildman–Crippen LogP) is 0.752. The third kappa shape index (κ3) is 4.74. The van der Waals surface area contributed by atoms with Gasteiger partial charge in [-0.25, -0.2) is 0 Å². The van der Waals surface area contributed by atoms with Gasteiger partial charge in [0, 0.05) is 25.0 Å². The molecule has 0 aliphatic heterocycles. The van der Waals surface area contributed by atoms with Crippen LogP contribution in [0.15, 0.2) is 18.2 Å². The molecule has 0 saturated carbocycles. The summed E-state index contributed by atoms with van der Waals surface area (Å²) >= 11 is 0. The first kappa shape index (κ1) is 13.3. The Hall–Kier alpha value is -1.75. The van der Waals surface area contributed by atoms with Gasteiger partial charge in [0.1, 0.15) is 0 Å². The molecule has 5 heteroatoms. The van der Waals surface area contributed by atoms with Crippen molar-refractivity contribution in [3.63, 3.8) is 0 Å². The highest BCUT2D eigenvalue weighted by atomic mass is 16.5. The van der Waals surface area contributed by atoms with Crippen LogP contribution in [0.3, 0.4) is 0 Å². The van der Waals surface area contributed by atoms with E-state index in [9.17, 15) is 4.79 Å². The van der Waals surface area contributed by atoms with Crippen molar-refractivity contribution in [2.24, 2.45) is 0 Å². The van der Waals surface area contributed by atoms with E-state index in [1.165, 1.54) is 0 Å². The smallest absolute Gasteiger partial charge is 0.239 e. The average molecular weight is 237 g/mol. The van der Waals surface area contributed by atoms with Crippen molar-refractivity contribution in [1.29, 1.82) is 0 Å². The highest BCUT2D eigenvalue weighted by Gasteiger charge is 2.01. The van der Waals surface area contributed by atoms with E-state index in [1.54, 1.807) is 7.11 Å². The van der Waals surface area contributed by atoms with Gasteiger partial charge in [-0.15, -0.1) is 0 Å². The van der Waals surface area contributed by atoms with Gasteiger partial charge in [0.25, 0.3) is 0 Å². The zero-order valence-corrected chi connectivity index (χ0v) is 10.2. The Labute approximate surface area is 101 Å². The molecule has 0 spiro atoms. The monoisotopic (exact) mass is 237 g/mol. The van der Waals surface area contributed by atoms with Crippen LogP contribution in [-0.2, 0) is 9.53 Å². The number of amides is 1. The molecule has 1 aromatic carbocycles. The number of carbonyl (C=O) groups excluding carboxylic acids is 1. The fraction of sp³-hybridized carbons (Fsp3) is 0.417. The van der Waals surface area contributed by atoms with Crippen molar-refractivity contribution in [2.75, 3.05) is 37.9 Å². The second-order valence-electron chi connectivity index (χ2n) is 3.77. The molecule has 1 amide bonds. The van der Waals surface area contributed by atoms with Crippen LogP contribution in [0.5, 0.6) is 0 Å². The fourth-order valence-corrected chi connectivity index (χ4v) is 1.32. The molecule has 1 rings (SSSR count). The summed E-state index contributed by atoms with van der Waals surface area (Å²) in [4.78, 5) is 11.4. The number of carbonyl (C=O) groups is 1. The van der Waals surface area contributed by atoms with Gasteiger partial charge >= 0.3 is 0 Å². The maximum atomic E-state index is 11.4. The number of methoxy groups -OCH3 is 1. The number of benzene rings is 1. The third-order valence-corrected chi connectivity index (χ3v) is 2.35. The molecule has 94 valence electrons. The maximum absolute atomic E-state index is 11.4. The number of ether oxygens (including phenoxy) is 1. The second-order valence-corrected chi connectivity index (χ2v) is 3.77. The molecule has 0 aromatic heterocycles. The van der Waals surface area contributed by atoms with Gasteiger partial charge in [-0.1, -0.05) is 0 Å². The Bertz CT molecular complexity index is 380. The predicted molar refractivity (Wildman–Crippen MR) is 69.0 cm³/mol. The molecule has 0 aliphatic rings. The summed E-state index contributed by atoms with van der Waals surface area (Å²) in [5, 5.41) is 5.76. The highest BCUT2D eigenvalue weighted by Crippen LogP contribution is 2.15. The van der Waals surface area contributed by atoms with Gasteiger partial charge in [0.2, 0.25) is 5.91 Å². The fourth-order valence-electron chi connectivity index (χ4n) is 1.32. The van der Waals surface area contributed by atoms with E-state index in [-0.39, 0.29) is 12.5 Å². The van der Waals surface area contributed by atoms with E-state index in [2.05, 4.69) is 10.6 Å². The average Bonchev–Trinajstić information content (AvgIpc) is 2.31. The number of rotatable bonds is 6. The van der Waals surface area contributed by atoms with Crippen molar-refractivity contribution >= 4 is 17.3 Å². The number of aryl methyl sites for hydroxylation is 1. The largest absolute Gasteiger partial charge is 0.399 e. The second kappa shape index (κ2) is 6.75. The summed E-state index contributed by atoms with van der Waals surface area (Å²) in [6.07, 6.45) is 0.